The number of nitrogens with zero attached hydrogens (tertiary/aromatic N) is 2. The average molecular weight is 465 g/mol. The lowest BCUT2D eigenvalue weighted by molar-refractivity contribution is -0.172. The second-order valence-electron chi connectivity index (χ2n) is 8.75. The second-order valence-corrected chi connectivity index (χ2v) is 9.57. The van der Waals surface area contributed by atoms with Crippen LogP contribution in [0.25, 0.3) is 0 Å². The summed E-state index contributed by atoms with van der Waals surface area (Å²) in [5, 5.41) is 0.935. The van der Waals surface area contributed by atoms with Crippen LogP contribution in [-0.2, 0) is 22.5 Å². The van der Waals surface area contributed by atoms with Crippen molar-refractivity contribution in [3.8, 4) is 0 Å². The Balaban J connectivity index is 1.57. The van der Waals surface area contributed by atoms with Crippen molar-refractivity contribution < 1.29 is 13.9 Å². The number of rotatable bonds is 4. The van der Waals surface area contributed by atoms with E-state index < -0.39 is 0 Å². The molecule has 7 heteroatoms. The predicted octanol–water partition coefficient (Wildman–Crippen LogP) is 4.81. The number of benzene rings is 2. The zero-order valence-electron chi connectivity index (χ0n) is 17.8. The molecule has 0 bridgehead atoms. The van der Waals surface area contributed by atoms with Crippen LogP contribution in [0.3, 0.4) is 0 Å². The molecule has 0 aromatic heterocycles. The van der Waals surface area contributed by atoms with Gasteiger partial charge in [-0.05, 0) is 42.3 Å². The summed E-state index contributed by atoms with van der Waals surface area (Å²) in [6.07, 6.45) is 0.274. The number of halogens is 3. The van der Waals surface area contributed by atoms with E-state index in [0.717, 1.165) is 11.1 Å². The minimum Gasteiger partial charge on any atom is -0.379 e. The van der Waals surface area contributed by atoms with Crippen LogP contribution in [0.15, 0.2) is 42.5 Å². The SMILES string of the molecule is CC1COCC2N(Cc3cccc(F)c3)CCN(C(=O)Cc3ccc(Cl)c(Cl)c3)C12C. The van der Waals surface area contributed by atoms with E-state index in [1.807, 2.05) is 17.0 Å². The molecule has 0 saturated carbocycles. The molecule has 2 aromatic rings. The minimum absolute atomic E-state index is 0.0334. The van der Waals surface area contributed by atoms with Crippen LogP contribution in [-0.4, -0.2) is 53.6 Å². The van der Waals surface area contributed by atoms with Crippen LogP contribution in [0.5, 0.6) is 0 Å². The first-order valence-corrected chi connectivity index (χ1v) is 11.3. The molecule has 166 valence electrons. The largest absolute Gasteiger partial charge is 0.379 e. The van der Waals surface area contributed by atoms with Gasteiger partial charge in [0.1, 0.15) is 5.82 Å². The van der Waals surface area contributed by atoms with Crippen LogP contribution < -0.4 is 0 Å². The molecule has 2 aromatic carbocycles. The zero-order valence-corrected chi connectivity index (χ0v) is 19.3. The maximum Gasteiger partial charge on any atom is 0.227 e. The number of carbonyl (C=O) groups excluding carboxylic acids is 1. The Morgan fingerprint density at radius 2 is 1.94 bits per heavy atom. The Kier molecular flexibility index (Phi) is 6.59. The quantitative estimate of drug-likeness (QED) is 0.650. The van der Waals surface area contributed by atoms with Gasteiger partial charge in [-0.3, -0.25) is 9.69 Å². The molecule has 2 aliphatic rings. The van der Waals surface area contributed by atoms with Crippen molar-refractivity contribution in [3.63, 3.8) is 0 Å². The number of piperazine rings is 1. The van der Waals surface area contributed by atoms with Crippen LogP contribution >= 0.6 is 23.2 Å². The van der Waals surface area contributed by atoms with Gasteiger partial charge >= 0.3 is 0 Å². The van der Waals surface area contributed by atoms with Gasteiger partial charge in [0.05, 0.1) is 41.3 Å². The number of amides is 1. The van der Waals surface area contributed by atoms with Crippen LogP contribution in [0, 0.1) is 11.7 Å². The van der Waals surface area contributed by atoms with E-state index in [0.29, 0.717) is 42.9 Å². The summed E-state index contributed by atoms with van der Waals surface area (Å²) in [4.78, 5) is 17.8. The Morgan fingerprint density at radius 3 is 2.68 bits per heavy atom. The molecule has 4 nitrogen and oxygen atoms in total. The maximum atomic E-state index is 13.7. The van der Waals surface area contributed by atoms with Crippen molar-refractivity contribution in [2.75, 3.05) is 26.3 Å². The van der Waals surface area contributed by atoms with Crippen LogP contribution in [0.4, 0.5) is 4.39 Å². The molecule has 31 heavy (non-hydrogen) atoms. The Labute approximate surface area is 192 Å². The van der Waals surface area contributed by atoms with Crippen LogP contribution in [0.1, 0.15) is 25.0 Å². The molecule has 0 aliphatic carbocycles. The standard InChI is InChI=1S/C24H27Cl2FN2O2/c1-16-14-31-15-22-24(16,2)29(23(30)12-17-6-7-20(25)21(26)11-17)9-8-28(22)13-18-4-3-5-19(27)10-18/h3-7,10-11,16,22H,8-9,12-15H2,1-2H3. The third-order valence-electron chi connectivity index (χ3n) is 6.86. The maximum absolute atomic E-state index is 13.7. The topological polar surface area (TPSA) is 32.8 Å². The average Bonchev–Trinajstić information content (AvgIpc) is 2.72. The Bertz CT molecular complexity index is 972. The highest BCUT2D eigenvalue weighted by Gasteiger charge is 2.53. The molecule has 0 spiro atoms. The van der Waals surface area contributed by atoms with Gasteiger partial charge in [0, 0.05) is 25.6 Å². The van der Waals surface area contributed by atoms with Crippen molar-refractivity contribution in [2.45, 2.75) is 38.4 Å². The van der Waals surface area contributed by atoms with Gasteiger partial charge in [-0.2, -0.15) is 0 Å². The highest BCUT2D eigenvalue weighted by atomic mass is 35.5. The fourth-order valence-corrected chi connectivity index (χ4v) is 5.26. The van der Waals surface area contributed by atoms with E-state index in [2.05, 4.69) is 18.7 Å². The zero-order chi connectivity index (χ0) is 22.2. The molecule has 0 N–H and O–H groups in total. The lowest BCUT2D eigenvalue weighted by Crippen LogP contribution is -2.73. The minimum atomic E-state index is -0.378. The number of hydrogen-bond acceptors (Lipinski definition) is 3. The van der Waals surface area contributed by atoms with E-state index in [4.69, 9.17) is 27.9 Å². The monoisotopic (exact) mass is 464 g/mol. The van der Waals surface area contributed by atoms with Crippen molar-refractivity contribution >= 4 is 29.1 Å². The Morgan fingerprint density at radius 1 is 1.13 bits per heavy atom. The number of carbonyl (C=O) groups is 1. The van der Waals surface area contributed by atoms with Crippen molar-refractivity contribution in [1.29, 1.82) is 0 Å². The summed E-state index contributed by atoms with van der Waals surface area (Å²) in [6.45, 7) is 7.41. The van der Waals surface area contributed by atoms with Crippen molar-refractivity contribution in [3.05, 3.63) is 69.5 Å². The molecule has 0 radical (unpaired) electrons. The van der Waals surface area contributed by atoms with E-state index in [9.17, 15) is 9.18 Å². The molecule has 2 saturated heterocycles. The molecular formula is C24H27Cl2FN2O2. The van der Waals surface area contributed by atoms with Crippen molar-refractivity contribution in [1.82, 2.24) is 9.80 Å². The summed E-state index contributed by atoms with van der Waals surface area (Å²) < 4.78 is 19.6. The molecule has 2 fully saturated rings. The first kappa shape index (κ1) is 22.5. The second kappa shape index (κ2) is 9.07. The van der Waals surface area contributed by atoms with Gasteiger partial charge < -0.3 is 9.64 Å². The fourth-order valence-electron chi connectivity index (χ4n) is 4.94. The molecular weight excluding hydrogens is 438 g/mol. The first-order valence-electron chi connectivity index (χ1n) is 10.6. The van der Waals surface area contributed by atoms with Gasteiger partial charge in [0.15, 0.2) is 0 Å². The molecule has 1 amide bonds. The summed E-state index contributed by atoms with van der Waals surface area (Å²) in [7, 11) is 0. The van der Waals surface area contributed by atoms with E-state index in [-0.39, 0.29) is 35.6 Å². The molecule has 2 heterocycles. The summed E-state index contributed by atoms with van der Waals surface area (Å²) in [5.74, 6) is 0.00771. The van der Waals surface area contributed by atoms with Crippen molar-refractivity contribution in [2.24, 2.45) is 5.92 Å². The van der Waals surface area contributed by atoms with Gasteiger partial charge in [0.25, 0.3) is 0 Å². The van der Waals surface area contributed by atoms with Gasteiger partial charge in [-0.25, -0.2) is 4.39 Å². The smallest absolute Gasteiger partial charge is 0.227 e. The lowest BCUT2D eigenvalue weighted by atomic mass is 9.75. The summed E-state index contributed by atoms with van der Waals surface area (Å²) in [6, 6.07) is 12.1. The highest BCUT2D eigenvalue weighted by Crippen LogP contribution is 2.39. The molecule has 3 unspecified atom stereocenters. The molecule has 2 aliphatic heterocycles. The lowest BCUT2D eigenvalue weighted by Gasteiger charge is -2.59. The summed E-state index contributed by atoms with van der Waals surface area (Å²) in [5.41, 5.74) is 1.40. The van der Waals surface area contributed by atoms with Gasteiger partial charge in [0.2, 0.25) is 5.91 Å². The first-order chi connectivity index (χ1) is 14.8. The van der Waals surface area contributed by atoms with E-state index in [1.165, 1.54) is 6.07 Å². The van der Waals surface area contributed by atoms with Gasteiger partial charge in [-0.1, -0.05) is 48.3 Å². The third-order valence-corrected chi connectivity index (χ3v) is 7.60. The van der Waals surface area contributed by atoms with Gasteiger partial charge in [-0.15, -0.1) is 0 Å². The number of fused-ring (bicyclic) bond motifs is 1. The van der Waals surface area contributed by atoms with E-state index >= 15 is 0 Å². The molecule has 3 atom stereocenters. The van der Waals surface area contributed by atoms with Crippen LogP contribution in [0.2, 0.25) is 10.0 Å². The fraction of sp³-hybridized carbons (Fsp3) is 0.458. The normalized spacial score (nSPS) is 26.5. The Hall–Kier alpha value is -1.66. The predicted molar refractivity (Wildman–Crippen MR) is 121 cm³/mol. The number of hydrogen-bond donors (Lipinski definition) is 0. The van der Waals surface area contributed by atoms with E-state index in [1.54, 1.807) is 24.3 Å². The highest BCUT2D eigenvalue weighted by molar-refractivity contribution is 6.42. The molecule has 4 rings (SSSR count). The number of ether oxygens (including phenoxy) is 1. The third kappa shape index (κ3) is 4.47. The summed E-state index contributed by atoms with van der Waals surface area (Å²) >= 11 is 12.2.